The molecule has 0 radical (unpaired) electrons. The van der Waals surface area contributed by atoms with Crippen LogP contribution in [0.1, 0.15) is 31.9 Å². The Morgan fingerprint density at radius 1 is 1.00 bits per heavy atom. The van der Waals surface area contributed by atoms with Gasteiger partial charge < -0.3 is 0 Å². The van der Waals surface area contributed by atoms with Crippen LogP contribution >= 0.6 is 0 Å². The summed E-state index contributed by atoms with van der Waals surface area (Å²) in [4.78, 5) is 0. The molecule has 0 fully saturated rings. The molecule has 1 heteroatoms. The van der Waals surface area contributed by atoms with Gasteiger partial charge in [-0.2, -0.15) is 0 Å². The quantitative estimate of drug-likeness (QED) is 0.627. The summed E-state index contributed by atoms with van der Waals surface area (Å²) in [6.07, 6.45) is 0. The van der Waals surface area contributed by atoms with E-state index in [4.69, 9.17) is 0 Å². The van der Waals surface area contributed by atoms with Crippen molar-refractivity contribution >= 4 is 13.3 Å². The van der Waals surface area contributed by atoms with Crippen molar-refractivity contribution in [2.75, 3.05) is 0 Å². The molecule has 0 atom stereocenters. The first-order valence-corrected chi connectivity index (χ1v) is 8.74. The highest BCUT2D eigenvalue weighted by atomic mass is 28.3. The van der Waals surface area contributed by atoms with E-state index < -0.39 is 8.07 Å². The molecule has 0 saturated carbocycles. The van der Waals surface area contributed by atoms with E-state index in [-0.39, 0.29) is 0 Å². The fourth-order valence-corrected chi connectivity index (χ4v) is 4.29. The Morgan fingerprint density at radius 3 is 2.00 bits per heavy atom. The summed E-state index contributed by atoms with van der Waals surface area (Å²) in [5, 5.41) is 2.04. The minimum absolute atomic E-state index is 0.422. The average molecular weight is 220 g/mol. The van der Waals surface area contributed by atoms with Gasteiger partial charge in [-0.05, 0) is 30.0 Å². The van der Waals surface area contributed by atoms with Gasteiger partial charge in [0.2, 0.25) is 0 Å². The summed E-state index contributed by atoms with van der Waals surface area (Å²) in [7, 11) is -1.36. The minimum Gasteiger partial charge on any atom is -0.0650 e. The zero-order chi connectivity index (χ0) is 11.9. The van der Waals surface area contributed by atoms with Crippen LogP contribution in [0.15, 0.2) is 18.2 Å². The molecule has 0 saturated heterocycles. The first-order valence-electron chi connectivity index (χ1n) is 5.74. The van der Waals surface area contributed by atoms with E-state index in [1.165, 1.54) is 11.1 Å². The van der Waals surface area contributed by atoms with Crippen LogP contribution in [0.5, 0.6) is 0 Å². The van der Waals surface area contributed by atoms with E-state index in [9.17, 15) is 0 Å². The third kappa shape index (κ3) is 2.17. The first-order chi connectivity index (χ1) is 6.68. The lowest BCUT2D eigenvalue weighted by Gasteiger charge is -2.38. The molecule has 0 aromatic heterocycles. The topological polar surface area (TPSA) is 0 Å². The summed E-state index contributed by atoms with van der Waals surface area (Å²) < 4.78 is 0. The third-order valence-corrected chi connectivity index (χ3v) is 9.79. The second kappa shape index (κ2) is 3.78. The minimum atomic E-state index is -1.36. The van der Waals surface area contributed by atoms with Gasteiger partial charge in [-0.15, -0.1) is 0 Å². The molecule has 0 spiro atoms. The van der Waals surface area contributed by atoms with Gasteiger partial charge in [0, 0.05) is 0 Å². The molecular formula is C14H24Si. The van der Waals surface area contributed by atoms with Crippen LogP contribution in [0.4, 0.5) is 0 Å². The smallest absolute Gasteiger partial charge is 0.0650 e. The highest BCUT2D eigenvalue weighted by Gasteiger charge is 2.37. The standard InChI is InChI=1S/C14H24Si/c1-11-9-8-10-13(12(11)2)15(6,7)14(3,4)5/h8-10H,1-7H3. The van der Waals surface area contributed by atoms with Gasteiger partial charge in [-0.1, -0.05) is 57.3 Å². The Hall–Kier alpha value is -0.563. The highest BCUT2D eigenvalue weighted by molar-refractivity contribution is 6.92. The van der Waals surface area contributed by atoms with Crippen molar-refractivity contribution in [2.45, 2.75) is 52.8 Å². The molecule has 0 aliphatic carbocycles. The molecule has 1 rings (SSSR count). The van der Waals surface area contributed by atoms with Crippen LogP contribution in [0, 0.1) is 13.8 Å². The van der Waals surface area contributed by atoms with Gasteiger partial charge in [0.05, 0.1) is 8.07 Å². The molecule has 0 aliphatic rings. The SMILES string of the molecule is Cc1cccc([Si](C)(C)C(C)(C)C)c1C. The molecule has 0 aliphatic heterocycles. The summed E-state index contributed by atoms with van der Waals surface area (Å²) in [5.74, 6) is 0. The van der Waals surface area contributed by atoms with Crippen LogP contribution in [0.3, 0.4) is 0 Å². The molecule has 1 aromatic carbocycles. The maximum Gasteiger partial charge on any atom is 0.0862 e. The molecule has 0 N–H and O–H groups in total. The van der Waals surface area contributed by atoms with Gasteiger partial charge in [-0.25, -0.2) is 0 Å². The molecule has 15 heavy (non-hydrogen) atoms. The van der Waals surface area contributed by atoms with Gasteiger partial charge in [-0.3, -0.25) is 0 Å². The second-order valence-electron chi connectivity index (χ2n) is 6.12. The van der Waals surface area contributed by atoms with Crippen molar-refractivity contribution in [3.63, 3.8) is 0 Å². The highest BCUT2D eigenvalue weighted by Crippen LogP contribution is 2.36. The van der Waals surface area contributed by atoms with Crippen molar-refractivity contribution in [3.05, 3.63) is 29.3 Å². The summed E-state index contributed by atoms with van der Waals surface area (Å²) >= 11 is 0. The lowest BCUT2D eigenvalue weighted by atomic mass is 10.1. The van der Waals surface area contributed by atoms with Crippen LogP contribution in [-0.2, 0) is 0 Å². The van der Waals surface area contributed by atoms with Crippen molar-refractivity contribution < 1.29 is 0 Å². The molecule has 84 valence electrons. The van der Waals surface area contributed by atoms with Crippen LogP contribution in [0.25, 0.3) is 0 Å². The number of benzene rings is 1. The van der Waals surface area contributed by atoms with Gasteiger partial charge in [0.25, 0.3) is 0 Å². The Balaban J connectivity index is 3.34. The number of hydrogen-bond acceptors (Lipinski definition) is 0. The predicted octanol–water partition coefficient (Wildman–Crippen LogP) is 4.02. The lowest BCUT2D eigenvalue weighted by Crippen LogP contribution is -2.50. The number of rotatable bonds is 1. The molecular weight excluding hydrogens is 196 g/mol. The fraction of sp³-hybridized carbons (Fsp3) is 0.571. The summed E-state index contributed by atoms with van der Waals surface area (Å²) in [6.45, 7) is 16.6. The summed E-state index contributed by atoms with van der Waals surface area (Å²) in [5.41, 5.74) is 2.93. The van der Waals surface area contributed by atoms with Crippen molar-refractivity contribution in [1.82, 2.24) is 0 Å². The molecule has 0 unspecified atom stereocenters. The molecule has 1 aromatic rings. The maximum absolute atomic E-state index is 2.48. The summed E-state index contributed by atoms with van der Waals surface area (Å²) in [6, 6.07) is 6.75. The van der Waals surface area contributed by atoms with Crippen molar-refractivity contribution in [2.24, 2.45) is 0 Å². The lowest BCUT2D eigenvalue weighted by molar-refractivity contribution is 0.729. The number of aryl methyl sites for hydroxylation is 1. The second-order valence-corrected chi connectivity index (χ2v) is 11.4. The van der Waals surface area contributed by atoms with Crippen LogP contribution in [0.2, 0.25) is 18.1 Å². The first kappa shape index (κ1) is 12.5. The van der Waals surface area contributed by atoms with Crippen LogP contribution in [-0.4, -0.2) is 8.07 Å². The van der Waals surface area contributed by atoms with Gasteiger partial charge in [0.1, 0.15) is 0 Å². The van der Waals surface area contributed by atoms with E-state index >= 15 is 0 Å². The largest absolute Gasteiger partial charge is 0.0862 e. The van der Waals surface area contributed by atoms with E-state index in [1.807, 2.05) is 0 Å². The van der Waals surface area contributed by atoms with E-state index in [0.29, 0.717) is 5.04 Å². The zero-order valence-corrected chi connectivity index (χ0v) is 12.2. The van der Waals surface area contributed by atoms with E-state index in [2.05, 4.69) is 65.9 Å². The fourth-order valence-electron chi connectivity index (χ4n) is 1.83. The predicted molar refractivity (Wildman–Crippen MR) is 72.7 cm³/mol. The maximum atomic E-state index is 2.48. The average Bonchev–Trinajstić information content (AvgIpc) is 2.07. The van der Waals surface area contributed by atoms with E-state index in [1.54, 1.807) is 5.19 Å². The van der Waals surface area contributed by atoms with Gasteiger partial charge in [0.15, 0.2) is 0 Å². The Kier molecular flexibility index (Phi) is 3.15. The Labute approximate surface area is 95.7 Å². The molecule has 0 nitrogen and oxygen atoms in total. The Bertz CT molecular complexity index is 356. The molecule has 0 heterocycles. The Morgan fingerprint density at radius 2 is 1.53 bits per heavy atom. The van der Waals surface area contributed by atoms with Crippen LogP contribution < -0.4 is 5.19 Å². The zero-order valence-electron chi connectivity index (χ0n) is 11.2. The van der Waals surface area contributed by atoms with Crippen molar-refractivity contribution in [1.29, 1.82) is 0 Å². The number of hydrogen-bond donors (Lipinski definition) is 0. The van der Waals surface area contributed by atoms with Crippen molar-refractivity contribution in [3.8, 4) is 0 Å². The third-order valence-electron chi connectivity index (χ3n) is 4.15. The van der Waals surface area contributed by atoms with Gasteiger partial charge >= 0.3 is 0 Å². The normalized spacial score (nSPS) is 13.0. The molecule has 0 amide bonds. The molecule has 0 bridgehead atoms. The monoisotopic (exact) mass is 220 g/mol. The van der Waals surface area contributed by atoms with E-state index in [0.717, 1.165) is 0 Å².